The second-order valence-corrected chi connectivity index (χ2v) is 5.18. The van der Waals surface area contributed by atoms with Crippen molar-refractivity contribution in [2.24, 2.45) is 4.99 Å². The van der Waals surface area contributed by atoms with Crippen LogP contribution in [0.5, 0.6) is 0 Å². The maximum atomic E-state index is 10.3. The number of ether oxygens (including phenoxy) is 1. The van der Waals surface area contributed by atoms with Crippen LogP contribution in [0.1, 0.15) is 39.5 Å². The Labute approximate surface area is 90.9 Å². The van der Waals surface area contributed by atoms with E-state index in [0.717, 1.165) is 19.3 Å². The summed E-state index contributed by atoms with van der Waals surface area (Å²) in [5, 5.41) is 10.3. The minimum atomic E-state index is -0.725. The van der Waals surface area contributed by atoms with Gasteiger partial charge in [0.05, 0.1) is 17.6 Å². The number of hydrogen-bond donors (Lipinski definition) is 1. The zero-order chi connectivity index (χ0) is 10.9. The lowest BCUT2D eigenvalue weighted by atomic mass is 9.88. The highest BCUT2D eigenvalue weighted by Gasteiger charge is 2.33. The largest absolute Gasteiger partial charge is 0.478 e. The Morgan fingerprint density at radius 2 is 2.33 bits per heavy atom. The van der Waals surface area contributed by atoms with Gasteiger partial charge in [0.25, 0.3) is 0 Å². The first kappa shape index (κ1) is 10.7. The lowest BCUT2D eigenvalue weighted by Gasteiger charge is -2.26. The maximum absolute atomic E-state index is 10.3. The van der Waals surface area contributed by atoms with E-state index in [1.165, 1.54) is 0 Å². The molecule has 2 rings (SSSR count). The summed E-state index contributed by atoms with van der Waals surface area (Å²) in [4.78, 5) is 4.46. The predicted octanol–water partition coefficient (Wildman–Crippen LogP) is 2.05. The number of hydrogen-bond acceptors (Lipinski definition) is 3. The Kier molecular flexibility index (Phi) is 2.59. The molecule has 0 aromatic heterocycles. The van der Waals surface area contributed by atoms with E-state index in [2.05, 4.69) is 4.99 Å². The van der Waals surface area contributed by atoms with Gasteiger partial charge in [-0.15, -0.1) is 0 Å². The normalized spacial score (nSPS) is 33.7. The van der Waals surface area contributed by atoms with E-state index in [-0.39, 0.29) is 5.54 Å². The van der Waals surface area contributed by atoms with E-state index in [0.29, 0.717) is 18.9 Å². The summed E-state index contributed by atoms with van der Waals surface area (Å²) in [6.45, 7) is 4.71. The molecule has 0 aromatic rings. The molecule has 1 heterocycles. The molecule has 1 aliphatic carbocycles. The summed E-state index contributed by atoms with van der Waals surface area (Å²) in [5.74, 6) is 0.703. The third-order valence-corrected chi connectivity index (χ3v) is 2.89. The molecule has 3 heteroatoms. The van der Waals surface area contributed by atoms with E-state index in [9.17, 15) is 5.11 Å². The van der Waals surface area contributed by atoms with Crippen molar-refractivity contribution < 1.29 is 9.84 Å². The lowest BCUT2D eigenvalue weighted by Crippen LogP contribution is -2.31. The maximum Gasteiger partial charge on any atom is 0.187 e. The number of rotatable bonds is 2. The third-order valence-electron chi connectivity index (χ3n) is 2.89. The number of allylic oxidation sites excluding steroid dienone is 1. The summed E-state index contributed by atoms with van der Waals surface area (Å²) >= 11 is 0. The van der Waals surface area contributed by atoms with E-state index < -0.39 is 5.60 Å². The van der Waals surface area contributed by atoms with Crippen molar-refractivity contribution in [3.63, 3.8) is 0 Å². The Bertz CT molecular complexity index is 307. The van der Waals surface area contributed by atoms with Crippen LogP contribution in [-0.2, 0) is 4.74 Å². The molecule has 0 bridgehead atoms. The zero-order valence-electron chi connectivity index (χ0n) is 9.49. The van der Waals surface area contributed by atoms with Crippen LogP contribution in [0.4, 0.5) is 0 Å². The summed E-state index contributed by atoms with van der Waals surface area (Å²) in [6, 6.07) is 0. The monoisotopic (exact) mass is 209 g/mol. The minimum Gasteiger partial charge on any atom is -0.478 e. The van der Waals surface area contributed by atoms with Crippen molar-refractivity contribution >= 4 is 5.90 Å². The SMILES string of the molecule is CC1(C)COC(CC2(O)C=CCCC2)=N1. The molecule has 0 radical (unpaired) electrons. The highest BCUT2D eigenvalue weighted by molar-refractivity contribution is 5.79. The third kappa shape index (κ3) is 2.59. The van der Waals surface area contributed by atoms with Crippen molar-refractivity contribution in [1.82, 2.24) is 0 Å². The average Bonchev–Trinajstić information content (AvgIpc) is 2.45. The molecule has 0 saturated heterocycles. The van der Waals surface area contributed by atoms with E-state index in [1.54, 1.807) is 0 Å². The van der Waals surface area contributed by atoms with Crippen molar-refractivity contribution in [3.8, 4) is 0 Å². The first-order chi connectivity index (χ1) is 6.99. The fourth-order valence-corrected chi connectivity index (χ4v) is 2.07. The zero-order valence-corrected chi connectivity index (χ0v) is 9.49. The van der Waals surface area contributed by atoms with E-state index in [1.807, 2.05) is 26.0 Å². The Hall–Kier alpha value is -0.830. The molecule has 0 amide bonds. The predicted molar refractivity (Wildman–Crippen MR) is 60.0 cm³/mol. The Balaban J connectivity index is 2.03. The highest BCUT2D eigenvalue weighted by Crippen LogP contribution is 2.28. The summed E-state index contributed by atoms with van der Waals surface area (Å²) < 4.78 is 5.49. The molecule has 1 unspecified atom stereocenters. The molecule has 1 aliphatic heterocycles. The van der Waals surface area contributed by atoms with Crippen molar-refractivity contribution in [2.75, 3.05) is 6.61 Å². The van der Waals surface area contributed by atoms with Gasteiger partial charge in [0, 0.05) is 0 Å². The summed E-state index contributed by atoms with van der Waals surface area (Å²) in [6.07, 6.45) is 7.39. The molecule has 3 nitrogen and oxygen atoms in total. The molecule has 15 heavy (non-hydrogen) atoms. The van der Waals surface area contributed by atoms with Crippen molar-refractivity contribution in [1.29, 1.82) is 0 Å². The van der Waals surface area contributed by atoms with Crippen LogP contribution >= 0.6 is 0 Å². The van der Waals surface area contributed by atoms with Crippen LogP contribution in [-0.4, -0.2) is 28.8 Å². The molecular weight excluding hydrogens is 190 g/mol. The van der Waals surface area contributed by atoms with Gasteiger partial charge in [-0.25, -0.2) is 4.99 Å². The second-order valence-electron chi connectivity index (χ2n) is 5.18. The first-order valence-electron chi connectivity index (χ1n) is 5.61. The van der Waals surface area contributed by atoms with Crippen LogP contribution in [0.25, 0.3) is 0 Å². The van der Waals surface area contributed by atoms with Crippen molar-refractivity contribution in [2.45, 2.75) is 50.7 Å². The minimum absolute atomic E-state index is 0.121. The van der Waals surface area contributed by atoms with E-state index in [4.69, 9.17) is 4.74 Å². The molecule has 0 fully saturated rings. The lowest BCUT2D eigenvalue weighted by molar-refractivity contribution is 0.0765. The molecule has 0 spiro atoms. The van der Waals surface area contributed by atoms with Gasteiger partial charge in [-0.2, -0.15) is 0 Å². The van der Waals surface area contributed by atoms with Gasteiger partial charge >= 0.3 is 0 Å². The highest BCUT2D eigenvalue weighted by atomic mass is 16.5. The summed E-state index contributed by atoms with van der Waals surface area (Å²) in [7, 11) is 0. The van der Waals surface area contributed by atoms with Gasteiger partial charge in [-0.05, 0) is 33.1 Å². The second kappa shape index (κ2) is 3.63. The molecule has 84 valence electrons. The van der Waals surface area contributed by atoms with E-state index >= 15 is 0 Å². The molecule has 0 aromatic carbocycles. The topological polar surface area (TPSA) is 41.8 Å². The number of nitrogens with zero attached hydrogens (tertiary/aromatic N) is 1. The van der Waals surface area contributed by atoms with Crippen LogP contribution in [0, 0.1) is 0 Å². The number of aliphatic hydroxyl groups is 1. The van der Waals surface area contributed by atoms with Gasteiger partial charge in [-0.3, -0.25) is 0 Å². The molecule has 1 atom stereocenters. The fraction of sp³-hybridized carbons (Fsp3) is 0.750. The average molecular weight is 209 g/mol. The summed E-state index contributed by atoms with van der Waals surface area (Å²) in [5.41, 5.74) is -0.846. The molecule has 2 aliphatic rings. The van der Waals surface area contributed by atoms with Gasteiger partial charge in [-0.1, -0.05) is 12.2 Å². The Morgan fingerprint density at radius 1 is 1.53 bits per heavy atom. The number of aliphatic imine (C=N–C) groups is 1. The first-order valence-corrected chi connectivity index (χ1v) is 5.61. The fourth-order valence-electron chi connectivity index (χ4n) is 2.07. The van der Waals surface area contributed by atoms with Gasteiger partial charge in [0.15, 0.2) is 5.90 Å². The molecule has 0 saturated carbocycles. The van der Waals surface area contributed by atoms with Crippen LogP contribution in [0.3, 0.4) is 0 Å². The standard InChI is InChI=1S/C12H19NO2/c1-11(2)9-15-10(13-11)8-12(14)6-4-3-5-7-12/h4,6,14H,3,5,7-9H2,1-2H3. The Morgan fingerprint density at radius 3 is 2.87 bits per heavy atom. The quantitative estimate of drug-likeness (QED) is 0.707. The molecular formula is C12H19NO2. The van der Waals surface area contributed by atoms with Crippen LogP contribution in [0.15, 0.2) is 17.1 Å². The van der Waals surface area contributed by atoms with Gasteiger partial charge in [0.1, 0.15) is 6.61 Å². The van der Waals surface area contributed by atoms with Crippen LogP contribution in [0.2, 0.25) is 0 Å². The van der Waals surface area contributed by atoms with Gasteiger partial charge in [0.2, 0.25) is 0 Å². The van der Waals surface area contributed by atoms with Crippen molar-refractivity contribution in [3.05, 3.63) is 12.2 Å². The molecule has 1 N–H and O–H groups in total. The smallest absolute Gasteiger partial charge is 0.187 e. The van der Waals surface area contributed by atoms with Gasteiger partial charge < -0.3 is 9.84 Å². The van der Waals surface area contributed by atoms with Crippen LogP contribution < -0.4 is 0 Å².